The number of hydrogen-bond donors (Lipinski definition) is 0. The minimum Gasteiger partial charge on any atom is -0.481 e. The third-order valence-corrected chi connectivity index (χ3v) is 2.31. The van der Waals surface area contributed by atoms with Gasteiger partial charge < -0.3 is 9.15 Å². The second-order valence-electron chi connectivity index (χ2n) is 3.08. The van der Waals surface area contributed by atoms with Crippen molar-refractivity contribution in [1.82, 2.24) is 10.2 Å². The molecule has 0 unspecified atom stereocenters. The van der Waals surface area contributed by atoms with Crippen LogP contribution in [0.4, 0.5) is 4.39 Å². The lowest BCUT2D eigenvalue weighted by atomic mass is 10.3. The summed E-state index contributed by atoms with van der Waals surface area (Å²) >= 11 is 3.23. The van der Waals surface area contributed by atoms with Gasteiger partial charge in [0.2, 0.25) is 5.89 Å². The summed E-state index contributed by atoms with van der Waals surface area (Å²) < 4.78 is 24.3. The van der Waals surface area contributed by atoms with Crippen molar-refractivity contribution in [2.45, 2.75) is 13.5 Å². The minimum absolute atomic E-state index is 0.0498. The molecule has 2 aromatic rings. The summed E-state index contributed by atoms with van der Waals surface area (Å²) in [5, 5.41) is 7.38. The fourth-order valence-electron chi connectivity index (χ4n) is 1.12. The van der Waals surface area contributed by atoms with Crippen LogP contribution in [0.5, 0.6) is 5.75 Å². The quantitative estimate of drug-likeness (QED) is 0.871. The monoisotopic (exact) mass is 286 g/mol. The predicted octanol–water partition coefficient (Wildman–Crippen LogP) is 2.86. The van der Waals surface area contributed by atoms with Crippen LogP contribution in [0.1, 0.15) is 11.8 Å². The Kier molecular flexibility index (Phi) is 3.19. The summed E-state index contributed by atoms with van der Waals surface area (Å²) in [6.45, 7) is 1.73. The van der Waals surface area contributed by atoms with E-state index in [1.165, 1.54) is 6.07 Å². The zero-order chi connectivity index (χ0) is 11.5. The minimum atomic E-state index is -0.431. The zero-order valence-electron chi connectivity index (χ0n) is 8.41. The summed E-state index contributed by atoms with van der Waals surface area (Å²) in [7, 11) is 0. The van der Waals surface area contributed by atoms with Gasteiger partial charge in [-0.15, -0.1) is 10.2 Å². The van der Waals surface area contributed by atoms with Crippen molar-refractivity contribution >= 4 is 15.9 Å². The van der Waals surface area contributed by atoms with E-state index in [2.05, 4.69) is 26.1 Å². The maximum absolute atomic E-state index is 13.3. The summed E-state index contributed by atoms with van der Waals surface area (Å²) in [6, 6.07) is 4.45. The van der Waals surface area contributed by atoms with Crippen LogP contribution in [0.3, 0.4) is 0 Å². The van der Waals surface area contributed by atoms with Crippen LogP contribution in [0.2, 0.25) is 0 Å². The van der Waals surface area contributed by atoms with Crippen molar-refractivity contribution in [2.24, 2.45) is 0 Å². The standard InChI is InChI=1S/C10H8BrFN2O2/c1-6-13-14-10(16-6)5-15-9-4-7(11)2-3-8(9)12/h2-4H,5H2,1H3. The highest BCUT2D eigenvalue weighted by atomic mass is 79.9. The Bertz CT molecular complexity index is 501. The van der Waals surface area contributed by atoms with E-state index in [4.69, 9.17) is 9.15 Å². The van der Waals surface area contributed by atoms with Crippen molar-refractivity contribution < 1.29 is 13.5 Å². The topological polar surface area (TPSA) is 48.2 Å². The van der Waals surface area contributed by atoms with Gasteiger partial charge in [0.25, 0.3) is 5.89 Å². The molecular weight excluding hydrogens is 279 g/mol. The van der Waals surface area contributed by atoms with E-state index in [1.54, 1.807) is 19.1 Å². The maximum atomic E-state index is 13.3. The molecule has 1 heterocycles. The summed E-state index contributed by atoms with van der Waals surface area (Å²) in [5.41, 5.74) is 0. The Labute approximate surface area is 99.6 Å². The number of aryl methyl sites for hydroxylation is 1. The number of hydrogen-bond acceptors (Lipinski definition) is 4. The van der Waals surface area contributed by atoms with Gasteiger partial charge in [-0.1, -0.05) is 15.9 Å². The number of rotatable bonds is 3. The first-order chi connectivity index (χ1) is 7.65. The Morgan fingerprint density at radius 2 is 2.25 bits per heavy atom. The molecule has 0 radical (unpaired) electrons. The zero-order valence-corrected chi connectivity index (χ0v) is 9.99. The average Bonchev–Trinajstić information content (AvgIpc) is 2.66. The van der Waals surface area contributed by atoms with E-state index in [0.717, 1.165) is 4.47 Å². The van der Waals surface area contributed by atoms with Crippen LogP contribution < -0.4 is 4.74 Å². The average molecular weight is 287 g/mol. The van der Waals surface area contributed by atoms with Crippen molar-refractivity contribution in [3.8, 4) is 5.75 Å². The smallest absolute Gasteiger partial charge is 0.253 e. The molecule has 0 N–H and O–H groups in total. The van der Waals surface area contributed by atoms with E-state index >= 15 is 0 Å². The number of ether oxygens (including phenoxy) is 1. The molecule has 84 valence electrons. The highest BCUT2D eigenvalue weighted by Gasteiger charge is 2.07. The van der Waals surface area contributed by atoms with Gasteiger partial charge in [0.1, 0.15) is 0 Å². The van der Waals surface area contributed by atoms with Gasteiger partial charge in [0.15, 0.2) is 18.2 Å². The Morgan fingerprint density at radius 1 is 1.44 bits per heavy atom. The van der Waals surface area contributed by atoms with Crippen LogP contribution in [-0.2, 0) is 6.61 Å². The number of aromatic nitrogens is 2. The molecule has 0 atom stereocenters. The first-order valence-corrected chi connectivity index (χ1v) is 5.31. The highest BCUT2D eigenvalue weighted by Crippen LogP contribution is 2.22. The molecule has 1 aromatic heterocycles. The molecule has 6 heteroatoms. The number of benzene rings is 1. The van der Waals surface area contributed by atoms with Crippen LogP contribution in [0.15, 0.2) is 27.1 Å². The highest BCUT2D eigenvalue weighted by molar-refractivity contribution is 9.10. The van der Waals surface area contributed by atoms with Gasteiger partial charge in [0.05, 0.1) is 0 Å². The number of nitrogens with zero attached hydrogens (tertiary/aromatic N) is 2. The van der Waals surface area contributed by atoms with Gasteiger partial charge in [-0.25, -0.2) is 4.39 Å². The van der Waals surface area contributed by atoms with Crippen LogP contribution in [0, 0.1) is 12.7 Å². The molecule has 0 spiro atoms. The third kappa shape index (κ3) is 2.57. The Hall–Kier alpha value is -1.43. The number of halogens is 2. The fraction of sp³-hybridized carbons (Fsp3) is 0.200. The SMILES string of the molecule is Cc1nnc(COc2cc(Br)ccc2F)o1. The molecule has 0 aliphatic carbocycles. The third-order valence-electron chi connectivity index (χ3n) is 1.81. The maximum Gasteiger partial charge on any atom is 0.253 e. The molecule has 0 fully saturated rings. The fourth-order valence-corrected chi connectivity index (χ4v) is 1.46. The molecule has 2 rings (SSSR count). The van der Waals surface area contributed by atoms with Crippen LogP contribution in [-0.4, -0.2) is 10.2 Å². The lowest BCUT2D eigenvalue weighted by Gasteiger charge is -2.04. The molecular formula is C10H8BrFN2O2. The lowest BCUT2D eigenvalue weighted by Crippen LogP contribution is -1.97. The first kappa shape index (κ1) is 11.1. The normalized spacial score (nSPS) is 10.4. The van der Waals surface area contributed by atoms with Gasteiger partial charge in [0, 0.05) is 11.4 Å². The van der Waals surface area contributed by atoms with Crippen molar-refractivity contribution in [3.05, 3.63) is 40.3 Å². The van der Waals surface area contributed by atoms with E-state index in [-0.39, 0.29) is 12.4 Å². The molecule has 0 aliphatic rings. The Balaban J connectivity index is 2.07. The molecule has 0 amide bonds. The Morgan fingerprint density at radius 3 is 2.94 bits per heavy atom. The van der Waals surface area contributed by atoms with Crippen molar-refractivity contribution in [1.29, 1.82) is 0 Å². The predicted molar refractivity (Wildman–Crippen MR) is 57.5 cm³/mol. The van der Waals surface area contributed by atoms with Gasteiger partial charge in [-0.2, -0.15) is 0 Å². The van der Waals surface area contributed by atoms with E-state index in [9.17, 15) is 4.39 Å². The largest absolute Gasteiger partial charge is 0.481 e. The molecule has 16 heavy (non-hydrogen) atoms. The lowest BCUT2D eigenvalue weighted by molar-refractivity contribution is 0.249. The van der Waals surface area contributed by atoms with Crippen molar-refractivity contribution in [2.75, 3.05) is 0 Å². The second-order valence-corrected chi connectivity index (χ2v) is 3.99. The summed E-state index contributed by atoms with van der Waals surface area (Å²) in [6.07, 6.45) is 0. The molecule has 0 aliphatic heterocycles. The molecule has 0 saturated carbocycles. The summed E-state index contributed by atoms with van der Waals surface area (Å²) in [4.78, 5) is 0. The van der Waals surface area contributed by atoms with Gasteiger partial charge >= 0.3 is 0 Å². The van der Waals surface area contributed by atoms with Crippen LogP contribution in [0.25, 0.3) is 0 Å². The van der Waals surface area contributed by atoms with Crippen LogP contribution >= 0.6 is 15.9 Å². The summed E-state index contributed by atoms with van der Waals surface area (Å²) in [5.74, 6) is 0.481. The molecule has 0 saturated heterocycles. The van der Waals surface area contributed by atoms with Crippen molar-refractivity contribution in [3.63, 3.8) is 0 Å². The van der Waals surface area contributed by atoms with Gasteiger partial charge in [-0.3, -0.25) is 0 Å². The van der Waals surface area contributed by atoms with Gasteiger partial charge in [-0.05, 0) is 18.2 Å². The molecule has 0 bridgehead atoms. The second kappa shape index (κ2) is 4.61. The molecule has 1 aromatic carbocycles. The van der Waals surface area contributed by atoms with E-state index in [0.29, 0.717) is 11.8 Å². The first-order valence-electron chi connectivity index (χ1n) is 4.52. The van der Waals surface area contributed by atoms with E-state index < -0.39 is 5.82 Å². The van der Waals surface area contributed by atoms with E-state index in [1.807, 2.05) is 0 Å². The molecule has 4 nitrogen and oxygen atoms in total.